The number of carbonyl (C=O) groups is 20. The fraction of sp³-hybridized carbons (Fsp3) is 0.688. The average Bonchev–Trinajstić information content (AvgIpc) is 1.66. The first-order valence-corrected chi connectivity index (χ1v) is 40.8. The maximum absolute atomic E-state index is 14.2. The van der Waals surface area contributed by atoms with Gasteiger partial charge in [-0.1, -0.05) is 110 Å². The van der Waals surface area contributed by atoms with E-state index in [-0.39, 0.29) is 81.6 Å². The second kappa shape index (κ2) is 54.3. The Bertz CT molecular complexity index is 3600. The molecule has 0 saturated carbocycles. The molecule has 119 heavy (non-hydrogen) atoms. The number of carboxylic acid groups (broad SMARTS) is 1. The van der Waals surface area contributed by atoms with Gasteiger partial charge in [-0.2, -0.15) is 0 Å². The summed E-state index contributed by atoms with van der Waals surface area (Å²) >= 11 is 3.90. The summed E-state index contributed by atoms with van der Waals surface area (Å²) in [5, 5.41) is 55.3. The van der Waals surface area contributed by atoms with Crippen molar-refractivity contribution in [2.75, 3.05) is 32.7 Å². The number of thiol groups is 1. The molecule has 42 heteroatoms. The third kappa shape index (κ3) is 39.1. The Morgan fingerprint density at radius 2 is 0.815 bits per heavy atom. The lowest BCUT2D eigenvalue weighted by Gasteiger charge is -2.31. The third-order valence-corrected chi connectivity index (χ3v) is 19.0. The summed E-state index contributed by atoms with van der Waals surface area (Å²) in [6.45, 7) is 29.0. The van der Waals surface area contributed by atoms with E-state index < -0.39 is 253 Å². The van der Waals surface area contributed by atoms with Crippen LogP contribution in [0.25, 0.3) is 0 Å². The Balaban J connectivity index is 2.89. The highest BCUT2D eigenvalue weighted by Crippen LogP contribution is 2.22. The second-order valence-electron chi connectivity index (χ2n) is 30.8. The van der Waals surface area contributed by atoms with Gasteiger partial charge in [0.2, 0.25) is 106 Å². The van der Waals surface area contributed by atoms with Crippen LogP contribution >= 0.6 is 12.6 Å². The summed E-state index contributed by atoms with van der Waals surface area (Å²) in [6, 6.07) is -16.8. The zero-order valence-electron chi connectivity index (χ0n) is 71.4. The van der Waals surface area contributed by atoms with Gasteiger partial charge in [-0.05, 0) is 120 Å². The average molecular weight is 1700 g/mol. The predicted octanol–water partition coefficient (Wildman–Crippen LogP) is -3.86. The van der Waals surface area contributed by atoms with E-state index >= 15 is 0 Å². The number of rotatable bonds is 53. The Labute approximate surface area is 700 Å². The van der Waals surface area contributed by atoms with Crippen LogP contribution in [0, 0.1) is 29.6 Å². The zero-order chi connectivity index (χ0) is 90.8. The van der Waals surface area contributed by atoms with E-state index in [1.54, 1.807) is 62.3 Å². The van der Waals surface area contributed by atoms with Crippen LogP contribution in [0.1, 0.15) is 195 Å². The van der Waals surface area contributed by atoms with Crippen molar-refractivity contribution in [3.05, 3.63) is 23.9 Å². The molecule has 1 aliphatic rings. The number of nitrogens with two attached hydrogens (primary N) is 1. The number of amides is 19. The summed E-state index contributed by atoms with van der Waals surface area (Å²) in [5.41, 5.74) is 5.04. The molecule has 0 unspecified atom stereocenters. The molecule has 1 aliphatic heterocycles. The molecule has 0 aromatic carbocycles. The van der Waals surface area contributed by atoms with E-state index in [1.807, 2.05) is 27.7 Å². The van der Waals surface area contributed by atoms with Crippen molar-refractivity contribution < 1.29 is 101 Å². The summed E-state index contributed by atoms with van der Waals surface area (Å²) in [7, 11) is 0. The molecule has 1 heterocycles. The monoisotopic (exact) mass is 1700 g/mol. The molecule has 0 spiro atoms. The van der Waals surface area contributed by atoms with E-state index in [0.29, 0.717) is 12.8 Å². The molecule has 15 atom stereocenters. The number of carboxylic acids is 1. The number of likely N-dealkylation sites (tertiary alicyclic amines) is 1. The lowest BCUT2D eigenvalue weighted by Crippen LogP contribution is -2.59. The Morgan fingerprint density at radius 1 is 0.429 bits per heavy atom. The van der Waals surface area contributed by atoms with Crippen molar-refractivity contribution >= 4 is 131 Å². The van der Waals surface area contributed by atoms with E-state index in [1.165, 1.54) is 44.2 Å². The molecule has 19 amide bonds. The molecule has 0 radical (unpaired) electrons. The maximum atomic E-state index is 14.2. The molecule has 1 fully saturated rings. The minimum atomic E-state index is -1.59. The first-order valence-electron chi connectivity index (χ1n) is 40.3. The minimum absolute atomic E-state index is 0.0210. The van der Waals surface area contributed by atoms with Crippen molar-refractivity contribution in [1.82, 2.24) is 101 Å². The van der Waals surface area contributed by atoms with Crippen LogP contribution in [0.4, 0.5) is 0 Å². The van der Waals surface area contributed by atoms with Gasteiger partial charge < -0.3 is 111 Å². The van der Waals surface area contributed by atoms with Crippen LogP contribution in [0.5, 0.6) is 0 Å². The molecule has 0 aromatic rings. The molecule has 0 aromatic heterocycles. The number of nitrogens with one attached hydrogen (secondary N) is 18. The molecule has 1 rings (SSSR count). The predicted molar refractivity (Wildman–Crippen MR) is 439 cm³/mol. The van der Waals surface area contributed by atoms with Crippen LogP contribution in [0.15, 0.2) is 23.9 Å². The Hall–Kier alpha value is -10.8. The van der Waals surface area contributed by atoms with E-state index in [4.69, 9.17) is 5.73 Å². The maximum Gasteiger partial charge on any atom is 0.303 e. The number of hydrogen-bond acceptors (Lipinski definition) is 22. The van der Waals surface area contributed by atoms with E-state index in [2.05, 4.69) is 115 Å². The first-order chi connectivity index (χ1) is 55.7. The van der Waals surface area contributed by atoms with E-state index in [9.17, 15) is 101 Å². The topological polar surface area (TPSA) is 607 Å². The number of hydrogen-bond donors (Lipinski definition) is 21. The highest BCUT2D eigenvalue weighted by molar-refractivity contribution is 7.83. The molecule has 41 nitrogen and oxygen atoms in total. The van der Waals surface area contributed by atoms with Crippen LogP contribution in [0.3, 0.4) is 0 Å². The Kier molecular flexibility index (Phi) is 48.5. The van der Waals surface area contributed by atoms with Crippen LogP contribution in [-0.4, -0.2) is 246 Å². The van der Waals surface area contributed by atoms with Gasteiger partial charge in [-0.15, -0.1) is 12.6 Å². The number of nitrogens with zero attached hydrogens (tertiary/aromatic N) is 1. The molecule has 21 N–H and O–H groups in total. The smallest absolute Gasteiger partial charge is 0.303 e. The largest absolute Gasteiger partial charge is 0.481 e. The fourth-order valence-electron chi connectivity index (χ4n) is 11.8. The summed E-state index contributed by atoms with van der Waals surface area (Å²) in [5.74, 6) is -17.7. The second-order valence-corrected chi connectivity index (χ2v) is 31.1. The lowest BCUT2D eigenvalue weighted by molar-refractivity contribution is -0.142. The fourth-order valence-corrected chi connectivity index (χ4v) is 11.8. The van der Waals surface area contributed by atoms with Crippen LogP contribution < -0.4 is 101 Å². The molecular weight excluding hydrogens is 1570 g/mol. The van der Waals surface area contributed by atoms with Gasteiger partial charge in [0.25, 0.3) is 5.91 Å². The summed E-state index contributed by atoms with van der Waals surface area (Å²) < 4.78 is 0. The molecule has 0 aliphatic carbocycles. The molecule has 1 saturated heterocycles. The van der Waals surface area contributed by atoms with Gasteiger partial charge in [-0.25, -0.2) is 0 Å². The van der Waals surface area contributed by atoms with Gasteiger partial charge >= 0.3 is 5.97 Å². The standard InChI is InChI=1S/C77H130N20O21S/c1-19-42(14)62(75(116)79-28-30-119)96-66(107)46(18)85-71(112)51(26-27-60(102)103)91-65(106)44(16)84-67(108)47(20-2)89-72(113)52(31-38(6)7)93-69(110)49(22-4)88-64(105)45(17)86-76(117)61(41(12)13)95-59(101)37-82-57(99)35-80-56(98)34-81-58(100)36-83-74(115)55-25-24-29-97(55)77(118)54(33-40(10)11)94-70(111)50(23-5)90-73(114)53(32-39(8)9)92-68(109)48(21-3)87-63(104)43(15)78/h28,30,38-43,45-55,61-62,119H,16,19-27,29,31-37,78H2,1-15,17-18H3,(H,79,116)(H,80,98)(H,81,100)(H,82,99)(H,83,115)(H,84,108)(H,85,112)(H,86,117)(H,87,104)(H,88,105)(H,89,113)(H,90,114)(H,91,106)(H,92,109)(H,93,110)(H,94,111)(H,95,101)(H,96,107)(H,102,103)/b30-28+/t42-,43-,45-,46-,47-,48-,49-,50-,51-,52-,53-,54-,55-,61-,62-/m0/s1. The van der Waals surface area contributed by atoms with Crippen molar-refractivity contribution in [1.29, 1.82) is 0 Å². The van der Waals surface area contributed by atoms with Gasteiger partial charge in [0.1, 0.15) is 78.5 Å². The normalized spacial score (nSPS) is 16.0. The SMILES string of the molecule is C=C(NC(=O)[C@H](CC)NC(=O)[C@H](CC(C)C)NC(=O)[C@H](CC)NC(=O)[C@H](C)NC(=O)[C@@H](NC(=O)CNC(=O)CNC(=O)CNC(=O)CNC(=O)[C@@H]1CCCN1C(=O)[C@H](CC(C)C)NC(=O)[C@H](CC)NC(=O)[C@H](CC(C)C)NC(=O)[C@H](CC)NC(=O)[C@H](C)N)C(C)C)C(=O)N[C@@H](CCC(=O)O)C(=O)N[C@@H](C)C(=O)N[C@H](C(=O)N/C=C/S)[C@@H](C)CC. The third-order valence-electron chi connectivity index (χ3n) is 18.9. The molecular formula is C77H130N20O21S. The quantitative estimate of drug-likeness (QED) is 0.0205. The van der Waals surface area contributed by atoms with Crippen molar-refractivity contribution in [3.63, 3.8) is 0 Å². The number of aliphatic carboxylic acids is 1. The van der Waals surface area contributed by atoms with Crippen molar-refractivity contribution in [2.45, 2.75) is 279 Å². The van der Waals surface area contributed by atoms with Crippen LogP contribution in [-0.2, 0) is 95.9 Å². The lowest BCUT2D eigenvalue weighted by atomic mass is 9.98. The summed E-state index contributed by atoms with van der Waals surface area (Å²) in [6.07, 6.45) is 1.81. The van der Waals surface area contributed by atoms with Gasteiger partial charge in [0.15, 0.2) is 0 Å². The van der Waals surface area contributed by atoms with Crippen LogP contribution in [0.2, 0.25) is 0 Å². The molecule has 670 valence electrons. The van der Waals surface area contributed by atoms with Gasteiger partial charge in [-0.3, -0.25) is 95.9 Å². The van der Waals surface area contributed by atoms with Crippen molar-refractivity contribution in [3.8, 4) is 0 Å². The highest BCUT2D eigenvalue weighted by Gasteiger charge is 2.41. The van der Waals surface area contributed by atoms with Gasteiger partial charge in [0, 0.05) is 19.2 Å². The zero-order valence-corrected chi connectivity index (χ0v) is 72.3. The van der Waals surface area contributed by atoms with Crippen molar-refractivity contribution in [2.24, 2.45) is 35.3 Å². The van der Waals surface area contributed by atoms with E-state index in [0.717, 1.165) is 0 Å². The number of carbonyl (C=O) groups excluding carboxylic acids is 19. The highest BCUT2D eigenvalue weighted by atomic mass is 32.1. The summed E-state index contributed by atoms with van der Waals surface area (Å²) in [4.78, 5) is 266. The minimum Gasteiger partial charge on any atom is -0.481 e. The van der Waals surface area contributed by atoms with Gasteiger partial charge in [0.05, 0.1) is 37.9 Å². The molecule has 0 bridgehead atoms. The first kappa shape index (κ1) is 106. The Morgan fingerprint density at radius 3 is 1.24 bits per heavy atom.